The van der Waals surface area contributed by atoms with E-state index in [1.165, 1.54) is 6.92 Å². The minimum Gasteiger partial charge on any atom is -0.326 e. The largest absolute Gasteiger partial charge is 0.326 e. The predicted molar refractivity (Wildman–Crippen MR) is 104 cm³/mol. The van der Waals surface area contributed by atoms with Gasteiger partial charge in [-0.3, -0.25) is 9.59 Å². The van der Waals surface area contributed by atoms with Gasteiger partial charge in [0.15, 0.2) is 5.71 Å². The molecule has 0 aliphatic carbocycles. The van der Waals surface area contributed by atoms with E-state index < -0.39 is 0 Å². The van der Waals surface area contributed by atoms with E-state index in [0.717, 1.165) is 16.8 Å². The molecule has 0 fully saturated rings. The quantitative estimate of drug-likeness (QED) is 0.513. The van der Waals surface area contributed by atoms with Crippen molar-refractivity contribution in [3.8, 4) is 0 Å². The van der Waals surface area contributed by atoms with Crippen molar-refractivity contribution in [3.05, 3.63) is 72.3 Å². The Morgan fingerprint density at radius 3 is 2.62 bits per heavy atom. The van der Waals surface area contributed by atoms with E-state index in [1.54, 1.807) is 29.3 Å². The molecule has 0 radical (unpaired) electrons. The predicted octanol–water partition coefficient (Wildman–Crippen LogP) is 3.00. The lowest BCUT2D eigenvalue weighted by atomic mass is 10.1. The topological polar surface area (TPSA) is 74.1 Å². The van der Waals surface area contributed by atoms with Crippen molar-refractivity contribution in [1.29, 1.82) is 0 Å². The molecule has 6 heteroatoms. The molecule has 3 rings (SSSR count). The molecule has 1 aliphatic heterocycles. The third-order valence-corrected chi connectivity index (χ3v) is 3.80. The molecule has 0 aromatic heterocycles. The van der Waals surface area contributed by atoms with E-state index in [0.29, 0.717) is 17.9 Å². The molecule has 0 atom stereocenters. The first-order valence-electron chi connectivity index (χ1n) is 8.11. The van der Waals surface area contributed by atoms with Gasteiger partial charge in [-0.2, -0.15) is 5.10 Å². The first kappa shape index (κ1) is 17.3. The molecule has 6 nitrogen and oxygen atoms in total. The highest BCUT2D eigenvalue weighted by Gasteiger charge is 2.32. The molecular formula is C20H18N4O2. The maximum atomic E-state index is 12.6. The zero-order valence-electron chi connectivity index (χ0n) is 14.3. The van der Waals surface area contributed by atoms with Crippen molar-refractivity contribution < 1.29 is 9.59 Å². The average Bonchev–Trinajstić information content (AvgIpc) is 2.89. The molecule has 0 spiro atoms. The van der Waals surface area contributed by atoms with Crippen LogP contribution in [0.25, 0.3) is 0 Å². The Labute approximate surface area is 151 Å². The Kier molecular flexibility index (Phi) is 5.03. The van der Waals surface area contributed by atoms with Crippen molar-refractivity contribution in [2.24, 2.45) is 10.2 Å². The van der Waals surface area contributed by atoms with Crippen LogP contribution in [-0.2, 0) is 9.59 Å². The summed E-state index contributed by atoms with van der Waals surface area (Å²) < 4.78 is 0. The summed E-state index contributed by atoms with van der Waals surface area (Å²) in [5, 5.41) is 10.9. The van der Waals surface area contributed by atoms with Crippen LogP contribution in [0.15, 0.2) is 71.4 Å². The Morgan fingerprint density at radius 1 is 1.19 bits per heavy atom. The van der Waals surface area contributed by atoms with E-state index in [1.807, 2.05) is 36.4 Å². The number of hydrogen-bond donors (Lipinski definition) is 1. The highest BCUT2D eigenvalue weighted by atomic mass is 16.2. The van der Waals surface area contributed by atoms with E-state index in [-0.39, 0.29) is 11.8 Å². The van der Waals surface area contributed by atoms with Gasteiger partial charge in [-0.1, -0.05) is 36.4 Å². The fourth-order valence-corrected chi connectivity index (χ4v) is 2.68. The summed E-state index contributed by atoms with van der Waals surface area (Å²) in [5.74, 6) is -0.315. The van der Waals surface area contributed by atoms with Gasteiger partial charge in [0.25, 0.3) is 5.91 Å². The van der Waals surface area contributed by atoms with Gasteiger partial charge in [0, 0.05) is 24.7 Å². The summed E-state index contributed by atoms with van der Waals surface area (Å²) in [7, 11) is 0. The van der Waals surface area contributed by atoms with Gasteiger partial charge in [0.2, 0.25) is 5.91 Å². The van der Waals surface area contributed by atoms with Crippen LogP contribution in [-0.4, -0.2) is 30.3 Å². The summed E-state index contributed by atoms with van der Waals surface area (Å²) in [6.07, 6.45) is 3.24. The van der Waals surface area contributed by atoms with E-state index in [2.05, 4.69) is 22.1 Å². The number of rotatable bonds is 5. The number of anilines is 2. The fraction of sp³-hybridized carbons (Fsp3) is 0.100. The Morgan fingerprint density at radius 2 is 1.92 bits per heavy atom. The number of benzene rings is 2. The van der Waals surface area contributed by atoms with Gasteiger partial charge < -0.3 is 10.2 Å². The van der Waals surface area contributed by atoms with E-state index in [9.17, 15) is 9.59 Å². The Balaban J connectivity index is 1.81. The highest BCUT2D eigenvalue weighted by Crippen LogP contribution is 2.28. The average molecular weight is 346 g/mol. The van der Waals surface area contributed by atoms with Crippen molar-refractivity contribution in [1.82, 2.24) is 0 Å². The number of carbonyl (C=O) groups excluding carboxylic acids is 2. The minimum absolute atomic E-state index is 0.125. The van der Waals surface area contributed by atoms with Crippen molar-refractivity contribution in [2.45, 2.75) is 6.92 Å². The van der Waals surface area contributed by atoms with Gasteiger partial charge in [-0.25, -0.2) is 0 Å². The second kappa shape index (κ2) is 7.57. The number of nitrogens with zero attached hydrogens (tertiary/aromatic N) is 3. The normalized spacial score (nSPS) is 14.7. The molecule has 2 aromatic rings. The summed E-state index contributed by atoms with van der Waals surface area (Å²) in [6, 6.07) is 14.6. The monoisotopic (exact) mass is 346 g/mol. The third kappa shape index (κ3) is 3.59. The molecule has 26 heavy (non-hydrogen) atoms. The summed E-state index contributed by atoms with van der Waals surface area (Å²) in [6.45, 7) is 5.57. The highest BCUT2D eigenvalue weighted by molar-refractivity contribution is 6.54. The fourth-order valence-electron chi connectivity index (χ4n) is 2.68. The number of fused-ring (bicyclic) bond motifs is 1. The molecule has 1 heterocycles. The molecule has 0 bridgehead atoms. The van der Waals surface area contributed by atoms with Crippen LogP contribution in [0.4, 0.5) is 11.4 Å². The number of hydrogen-bond acceptors (Lipinski definition) is 4. The van der Waals surface area contributed by atoms with Crippen LogP contribution in [0.3, 0.4) is 0 Å². The summed E-state index contributed by atoms with van der Waals surface area (Å²) in [5.41, 5.74) is 3.41. The number of nitrogens with one attached hydrogen (secondary N) is 1. The summed E-state index contributed by atoms with van der Waals surface area (Å²) in [4.78, 5) is 25.2. The van der Waals surface area contributed by atoms with E-state index >= 15 is 0 Å². The van der Waals surface area contributed by atoms with Crippen LogP contribution < -0.4 is 10.2 Å². The van der Waals surface area contributed by atoms with Gasteiger partial charge in [-0.05, 0) is 23.8 Å². The lowest BCUT2D eigenvalue weighted by Gasteiger charge is -2.13. The van der Waals surface area contributed by atoms with Crippen LogP contribution in [0.5, 0.6) is 0 Å². The summed E-state index contributed by atoms with van der Waals surface area (Å²) >= 11 is 0. The minimum atomic E-state index is -0.191. The third-order valence-electron chi connectivity index (χ3n) is 3.80. The van der Waals surface area contributed by atoms with E-state index in [4.69, 9.17) is 0 Å². The van der Waals surface area contributed by atoms with Crippen molar-refractivity contribution in [2.75, 3.05) is 16.8 Å². The molecule has 1 aliphatic rings. The molecule has 0 saturated carbocycles. The van der Waals surface area contributed by atoms with Crippen molar-refractivity contribution in [3.63, 3.8) is 0 Å². The number of para-hydroxylation sites is 1. The Bertz CT molecular complexity index is 914. The van der Waals surface area contributed by atoms with Crippen LogP contribution in [0, 0.1) is 0 Å². The Hall–Kier alpha value is -3.54. The number of amides is 2. The maximum absolute atomic E-state index is 12.6. The smallest absolute Gasteiger partial charge is 0.279 e. The molecule has 1 N–H and O–H groups in total. The van der Waals surface area contributed by atoms with Gasteiger partial charge in [0.1, 0.15) is 0 Å². The lowest BCUT2D eigenvalue weighted by molar-refractivity contribution is -0.114. The van der Waals surface area contributed by atoms with Crippen LogP contribution in [0.1, 0.15) is 18.1 Å². The number of carbonyl (C=O) groups is 2. The SMILES string of the molecule is C=CCN1C(=O)C(=NN=Cc2ccc(NC(C)=O)cc2)c2ccccc21. The van der Waals surface area contributed by atoms with Gasteiger partial charge in [-0.15, -0.1) is 11.7 Å². The van der Waals surface area contributed by atoms with Gasteiger partial charge in [0.05, 0.1) is 11.9 Å². The molecule has 0 saturated heterocycles. The second-order valence-corrected chi connectivity index (χ2v) is 5.72. The first-order valence-corrected chi connectivity index (χ1v) is 8.11. The zero-order chi connectivity index (χ0) is 18.5. The van der Waals surface area contributed by atoms with Crippen molar-refractivity contribution >= 4 is 35.1 Å². The molecule has 2 aromatic carbocycles. The lowest BCUT2D eigenvalue weighted by Crippen LogP contribution is -2.30. The molecule has 2 amide bonds. The van der Waals surface area contributed by atoms with Crippen LogP contribution in [0.2, 0.25) is 0 Å². The molecule has 130 valence electrons. The molecular weight excluding hydrogens is 328 g/mol. The van der Waals surface area contributed by atoms with Gasteiger partial charge >= 0.3 is 0 Å². The second-order valence-electron chi connectivity index (χ2n) is 5.72. The molecule has 0 unspecified atom stereocenters. The standard InChI is InChI=1S/C20H18N4O2/c1-3-12-24-18-7-5-4-6-17(18)19(20(24)26)23-21-13-15-8-10-16(11-9-15)22-14(2)25/h3-11,13H,1,12H2,2H3,(H,22,25). The van der Waals surface area contributed by atoms with Crippen LogP contribution >= 0.6 is 0 Å². The zero-order valence-corrected chi connectivity index (χ0v) is 14.3. The maximum Gasteiger partial charge on any atom is 0.279 e. The first-order chi connectivity index (χ1) is 12.6.